The van der Waals surface area contributed by atoms with E-state index in [9.17, 15) is 13.9 Å². The number of nitrogens with zero attached hydrogens (tertiary/aromatic N) is 1. The van der Waals surface area contributed by atoms with E-state index in [4.69, 9.17) is 0 Å². The first-order valence-corrected chi connectivity index (χ1v) is 7.73. The van der Waals surface area contributed by atoms with Gasteiger partial charge in [0.1, 0.15) is 11.6 Å². The number of rotatable bonds is 6. The molecule has 114 valence electrons. The third kappa shape index (κ3) is 4.33. The van der Waals surface area contributed by atoms with Crippen molar-refractivity contribution in [3.63, 3.8) is 0 Å². The maximum atomic E-state index is 13.1. The number of aliphatic hydroxyl groups is 1. The second kappa shape index (κ2) is 7.11. The molecule has 1 N–H and O–H groups in total. The third-order valence-corrected chi connectivity index (χ3v) is 4.68. The van der Waals surface area contributed by atoms with E-state index in [0.29, 0.717) is 13.0 Å². The van der Waals surface area contributed by atoms with Gasteiger partial charge in [0.2, 0.25) is 0 Å². The molecule has 1 aromatic carbocycles. The van der Waals surface area contributed by atoms with Crippen molar-refractivity contribution in [3.05, 3.63) is 57.8 Å². The van der Waals surface area contributed by atoms with Gasteiger partial charge in [-0.25, -0.2) is 8.78 Å². The highest BCUT2D eigenvalue weighted by molar-refractivity contribution is 7.10. The van der Waals surface area contributed by atoms with Gasteiger partial charge in [-0.15, -0.1) is 11.3 Å². The van der Waals surface area contributed by atoms with Gasteiger partial charge in [-0.2, -0.15) is 0 Å². The van der Waals surface area contributed by atoms with Crippen molar-refractivity contribution in [1.82, 2.24) is 4.90 Å². The second-order valence-corrected chi connectivity index (χ2v) is 6.16. The van der Waals surface area contributed by atoms with E-state index in [1.165, 1.54) is 17.0 Å². The van der Waals surface area contributed by atoms with Crippen LogP contribution < -0.4 is 0 Å². The molecule has 2 unspecified atom stereocenters. The van der Waals surface area contributed by atoms with Crippen LogP contribution in [0.4, 0.5) is 8.78 Å². The number of halogens is 2. The summed E-state index contributed by atoms with van der Waals surface area (Å²) in [6, 6.07) is 7.49. The molecular formula is C16H19F2NOS. The van der Waals surface area contributed by atoms with E-state index in [2.05, 4.69) is 17.9 Å². The summed E-state index contributed by atoms with van der Waals surface area (Å²) < 4.78 is 26.3. The zero-order valence-corrected chi connectivity index (χ0v) is 12.9. The normalized spacial score (nSPS) is 14.4. The largest absolute Gasteiger partial charge is 0.388 e. The van der Waals surface area contributed by atoms with Crippen molar-refractivity contribution in [1.29, 1.82) is 0 Å². The molecule has 1 heterocycles. The molecule has 0 aliphatic heterocycles. The van der Waals surface area contributed by atoms with Crippen molar-refractivity contribution in [3.8, 4) is 0 Å². The Morgan fingerprint density at radius 3 is 2.48 bits per heavy atom. The number of hydrogen-bond acceptors (Lipinski definition) is 3. The lowest BCUT2D eigenvalue weighted by Gasteiger charge is -2.25. The molecule has 2 aromatic rings. The van der Waals surface area contributed by atoms with E-state index in [0.717, 1.165) is 6.07 Å². The van der Waals surface area contributed by atoms with E-state index in [-0.39, 0.29) is 11.6 Å². The zero-order valence-electron chi connectivity index (χ0n) is 12.1. The molecule has 2 rings (SSSR count). The molecule has 1 aromatic heterocycles. The molecule has 0 radical (unpaired) electrons. The minimum absolute atomic E-state index is 0.251. The van der Waals surface area contributed by atoms with Crippen LogP contribution in [0.1, 0.15) is 35.9 Å². The van der Waals surface area contributed by atoms with Crippen molar-refractivity contribution in [2.45, 2.75) is 25.5 Å². The molecule has 0 aliphatic carbocycles. The summed E-state index contributed by atoms with van der Waals surface area (Å²) >= 11 is 1.69. The minimum Gasteiger partial charge on any atom is -0.388 e. The Morgan fingerprint density at radius 2 is 1.90 bits per heavy atom. The van der Waals surface area contributed by atoms with Crippen molar-refractivity contribution in [2.24, 2.45) is 0 Å². The SMILES string of the molecule is CC(c1cccs1)N(C)CCC(O)c1cc(F)cc(F)c1. The topological polar surface area (TPSA) is 23.5 Å². The molecule has 0 saturated carbocycles. The number of thiophene rings is 1. The molecule has 0 fully saturated rings. The molecule has 0 saturated heterocycles. The van der Waals surface area contributed by atoms with Crippen LogP contribution >= 0.6 is 11.3 Å². The number of aliphatic hydroxyl groups excluding tert-OH is 1. The fourth-order valence-corrected chi connectivity index (χ4v) is 3.05. The first-order valence-electron chi connectivity index (χ1n) is 6.85. The summed E-state index contributed by atoms with van der Waals surface area (Å²) in [5.41, 5.74) is 0.282. The zero-order chi connectivity index (χ0) is 15.4. The van der Waals surface area contributed by atoms with Crippen molar-refractivity contribution in [2.75, 3.05) is 13.6 Å². The first kappa shape index (κ1) is 16.1. The van der Waals surface area contributed by atoms with E-state index in [1.54, 1.807) is 11.3 Å². The molecular weight excluding hydrogens is 292 g/mol. The minimum atomic E-state index is -0.867. The lowest BCUT2D eigenvalue weighted by molar-refractivity contribution is 0.139. The van der Waals surface area contributed by atoms with E-state index >= 15 is 0 Å². The van der Waals surface area contributed by atoms with Crippen LogP contribution in [0.2, 0.25) is 0 Å². The second-order valence-electron chi connectivity index (χ2n) is 5.18. The van der Waals surface area contributed by atoms with Gasteiger partial charge in [0.05, 0.1) is 6.10 Å². The Bertz CT molecular complexity index is 553. The summed E-state index contributed by atoms with van der Waals surface area (Å²) in [6.45, 7) is 2.73. The summed E-state index contributed by atoms with van der Waals surface area (Å²) in [5, 5.41) is 12.1. The van der Waals surface area contributed by atoms with Crippen LogP contribution in [0.3, 0.4) is 0 Å². The molecule has 21 heavy (non-hydrogen) atoms. The molecule has 0 aliphatic rings. The van der Waals surface area contributed by atoms with Gasteiger partial charge in [0, 0.05) is 23.5 Å². The summed E-state index contributed by atoms with van der Waals surface area (Å²) in [5.74, 6) is -1.33. The smallest absolute Gasteiger partial charge is 0.126 e. The third-order valence-electron chi connectivity index (χ3n) is 3.64. The number of benzene rings is 1. The Morgan fingerprint density at radius 1 is 1.24 bits per heavy atom. The average molecular weight is 311 g/mol. The molecule has 0 spiro atoms. The van der Waals surface area contributed by atoms with Crippen LogP contribution in [-0.2, 0) is 0 Å². The first-order chi connectivity index (χ1) is 9.97. The molecule has 0 bridgehead atoms. The van der Waals surface area contributed by atoms with E-state index in [1.807, 2.05) is 18.5 Å². The van der Waals surface area contributed by atoms with Crippen LogP contribution in [0.15, 0.2) is 35.7 Å². The monoisotopic (exact) mass is 311 g/mol. The average Bonchev–Trinajstić information content (AvgIpc) is 2.96. The lowest BCUT2D eigenvalue weighted by Crippen LogP contribution is -2.24. The molecule has 2 atom stereocenters. The fourth-order valence-electron chi connectivity index (χ4n) is 2.20. The Kier molecular flexibility index (Phi) is 5.45. The van der Waals surface area contributed by atoms with Gasteiger partial charge in [0.15, 0.2) is 0 Å². The van der Waals surface area contributed by atoms with Crippen LogP contribution in [-0.4, -0.2) is 23.6 Å². The summed E-state index contributed by atoms with van der Waals surface area (Å²) in [7, 11) is 1.98. The van der Waals surface area contributed by atoms with Gasteiger partial charge < -0.3 is 5.11 Å². The van der Waals surface area contributed by atoms with Gasteiger partial charge in [0.25, 0.3) is 0 Å². The van der Waals surface area contributed by atoms with E-state index < -0.39 is 17.7 Å². The van der Waals surface area contributed by atoms with Gasteiger partial charge in [-0.1, -0.05) is 6.07 Å². The highest BCUT2D eigenvalue weighted by Crippen LogP contribution is 2.25. The van der Waals surface area contributed by atoms with Crippen LogP contribution in [0.25, 0.3) is 0 Å². The van der Waals surface area contributed by atoms with Gasteiger partial charge >= 0.3 is 0 Å². The van der Waals surface area contributed by atoms with Gasteiger partial charge in [-0.3, -0.25) is 4.90 Å². The van der Waals surface area contributed by atoms with Crippen molar-refractivity contribution < 1.29 is 13.9 Å². The molecule has 0 amide bonds. The summed E-state index contributed by atoms with van der Waals surface area (Å²) in [6.07, 6.45) is -0.442. The highest BCUT2D eigenvalue weighted by atomic mass is 32.1. The maximum Gasteiger partial charge on any atom is 0.126 e. The quantitative estimate of drug-likeness (QED) is 0.866. The lowest BCUT2D eigenvalue weighted by atomic mass is 10.1. The standard InChI is InChI=1S/C16H19F2NOS/c1-11(16-4-3-7-21-16)19(2)6-5-15(20)12-8-13(17)10-14(18)9-12/h3-4,7-11,15,20H,5-6H2,1-2H3. The predicted molar refractivity (Wildman–Crippen MR) is 81.3 cm³/mol. The van der Waals surface area contributed by atoms with Crippen molar-refractivity contribution >= 4 is 11.3 Å². The van der Waals surface area contributed by atoms with Crippen LogP contribution in [0.5, 0.6) is 0 Å². The predicted octanol–water partition coefficient (Wildman–Crippen LogP) is 4.14. The van der Waals surface area contributed by atoms with Crippen LogP contribution in [0, 0.1) is 11.6 Å². The molecule has 5 heteroatoms. The Balaban J connectivity index is 1.92. The maximum absolute atomic E-state index is 13.1. The summed E-state index contributed by atoms with van der Waals surface area (Å²) in [4.78, 5) is 3.37. The number of hydrogen-bond donors (Lipinski definition) is 1. The van der Waals surface area contributed by atoms with Gasteiger partial charge in [-0.05, 0) is 49.5 Å². The fraction of sp³-hybridized carbons (Fsp3) is 0.375. The molecule has 2 nitrogen and oxygen atoms in total. The Hall–Kier alpha value is -1.30. The Labute approximate surface area is 127 Å². The highest BCUT2D eigenvalue weighted by Gasteiger charge is 2.16.